The topological polar surface area (TPSA) is 83.7 Å². The Kier molecular flexibility index (Phi) is 8.73. The van der Waals surface area contributed by atoms with E-state index in [-0.39, 0.29) is 18.3 Å². The molecule has 0 saturated carbocycles. The van der Waals surface area contributed by atoms with Gasteiger partial charge in [-0.05, 0) is 37.5 Å². The van der Waals surface area contributed by atoms with E-state index < -0.39 is 15.6 Å². The maximum atomic E-state index is 12.8. The van der Waals surface area contributed by atoms with Crippen LogP contribution in [-0.4, -0.2) is 55.2 Å². The minimum absolute atomic E-state index is 0. The molecule has 0 bridgehead atoms. The van der Waals surface area contributed by atoms with Gasteiger partial charge in [-0.15, -0.1) is 12.4 Å². The second kappa shape index (κ2) is 9.87. The smallest absolute Gasteiger partial charge is 0.243 e. The van der Waals surface area contributed by atoms with Crippen molar-refractivity contribution < 1.29 is 13.2 Å². The number of hydrogen-bond acceptors (Lipinski definition) is 4. The predicted octanol–water partition coefficient (Wildman–Crippen LogP) is 2.41. The SMILES string of the molecule is CCCc1ccc(S(=O)(=O)N2CCN(C(=O)C(C)(N)CCC)CC2)cc1.Cl. The molecule has 1 aliphatic rings. The molecule has 6 nitrogen and oxygen atoms in total. The highest BCUT2D eigenvalue weighted by Crippen LogP contribution is 2.20. The van der Waals surface area contributed by atoms with Crippen LogP contribution in [0.1, 0.15) is 45.6 Å². The van der Waals surface area contributed by atoms with Crippen molar-refractivity contribution in [1.82, 2.24) is 9.21 Å². The highest BCUT2D eigenvalue weighted by molar-refractivity contribution is 7.89. The van der Waals surface area contributed by atoms with Crippen LogP contribution in [0.15, 0.2) is 29.2 Å². The maximum absolute atomic E-state index is 12.8. The minimum Gasteiger partial charge on any atom is -0.338 e. The van der Waals surface area contributed by atoms with E-state index in [4.69, 9.17) is 5.73 Å². The first-order valence-electron chi connectivity index (χ1n) is 9.39. The Labute approximate surface area is 169 Å². The van der Waals surface area contributed by atoms with Gasteiger partial charge in [0.25, 0.3) is 0 Å². The summed E-state index contributed by atoms with van der Waals surface area (Å²) in [5.41, 5.74) is 6.38. The first-order valence-corrected chi connectivity index (χ1v) is 10.8. The van der Waals surface area contributed by atoms with Gasteiger partial charge in [0.2, 0.25) is 15.9 Å². The number of nitrogens with two attached hydrogens (primary N) is 1. The van der Waals surface area contributed by atoms with Crippen LogP contribution in [-0.2, 0) is 21.2 Å². The van der Waals surface area contributed by atoms with E-state index in [0.717, 1.165) is 24.8 Å². The summed E-state index contributed by atoms with van der Waals surface area (Å²) < 4.78 is 27.1. The van der Waals surface area contributed by atoms with Gasteiger partial charge in [-0.1, -0.05) is 38.8 Å². The summed E-state index contributed by atoms with van der Waals surface area (Å²) >= 11 is 0. The number of benzene rings is 1. The van der Waals surface area contributed by atoms with Crippen LogP contribution in [0.2, 0.25) is 0 Å². The number of carbonyl (C=O) groups is 1. The van der Waals surface area contributed by atoms with Crippen LogP contribution >= 0.6 is 12.4 Å². The third kappa shape index (κ3) is 5.67. The molecule has 154 valence electrons. The third-order valence-electron chi connectivity index (χ3n) is 4.88. The second-order valence-corrected chi connectivity index (χ2v) is 9.20. The van der Waals surface area contributed by atoms with E-state index in [1.807, 2.05) is 19.1 Å². The summed E-state index contributed by atoms with van der Waals surface area (Å²) in [5.74, 6) is -0.0969. The minimum atomic E-state index is -3.52. The van der Waals surface area contributed by atoms with Crippen molar-refractivity contribution in [3.63, 3.8) is 0 Å². The van der Waals surface area contributed by atoms with Gasteiger partial charge in [0.15, 0.2) is 0 Å². The molecule has 2 rings (SSSR count). The molecule has 1 heterocycles. The van der Waals surface area contributed by atoms with Gasteiger partial charge >= 0.3 is 0 Å². The van der Waals surface area contributed by atoms with E-state index in [9.17, 15) is 13.2 Å². The molecular weight excluding hydrogens is 386 g/mol. The molecule has 0 spiro atoms. The Bertz CT molecular complexity index is 712. The molecule has 8 heteroatoms. The number of carbonyl (C=O) groups excluding carboxylic acids is 1. The lowest BCUT2D eigenvalue weighted by Crippen LogP contribution is -2.58. The lowest BCUT2D eigenvalue weighted by molar-refractivity contribution is -0.137. The van der Waals surface area contributed by atoms with Crippen molar-refractivity contribution in [3.05, 3.63) is 29.8 Å². The predicted molar refractivity (Wildman–Crippen MR) is 111 cm³/mol. The molecule has 0 aromatic heterocycles. The zero-order chi connectivity index (χ0) is 19.4. The van der Waals surface area contributed by atoms with Crippen molar-refractivity contribution in [2.45, 2.75) is 56.9 Å². The summed E-state index contributed by atoms with van der Waals surface area (Å²) in [7, 11) is -3.52. The number of aryl methyl sites for hydroxylation is 1. The van der Waals surface area contributed by atoms with Gasteiger partial charge in [-0.25, -0.2) is 8.42 Å². The molecule has 1 unspecified atom stereocenters. The number of hydrogen-bond donors (Lipinski definition) is 1. The molecule has 2 N–H and O–H groups in total. The van der Waals surface area contributed by atoms with E-state index >= 15 is 0 Å². The van der Waals surface area contributed by atoms with Crippen molar-refractivity contribution in [3.8, 4) is 0 Å². The fourth-order valence-electron chi connectivity index (χ4n) is 3.38. The summed E-state index contributed by atoms with van der Waals surface area (Å²) in [5, 5.41) is 0. The maximum Gasteiger partial charge on any atom is 0.243 e. The summed E-state index contributed by atoms with van der Waals surface area (Å²) in [4.78, 5) is 14.6. The first kappa shape index (κ1) is 23.9. The fraction of sp³-hybridized carbons (Fsp3) is 0.632. The highest BCUT2D eigenvalue weighted by atomic mass is 35.5. The van der Waals surface area contributed by atoms with Crippen molar-refractivity contribution in [2.75, 3.05) is 26.2 Å². The molecule has 0 radical (unpaired) electrons. The number of nitrogens with zero attached hydrogens (tertiary/aromatic N) is 2. The zero-order valence-corrected chi connectivity index (χ0v) is 18.1. The Morgan fingerprint density at radius 3 is 2.11 bits per heavy atom. The van der Waals surface area contributed by atoms with Gasteiger partial charge < -0.3 is 10.6 Å². The highest BCUT2D eigenvalue weighted by Gasteiger charge is 2.36. The average Bonchev–Trinajstić information content (AvgIpc) is 2.62. The first-order chi connectivity index (χ1) is 12.2. The Morgan fingerprint density at radius 2 is 1.63 bits per heavy atom. The summed E-state index contributed by atoms with van der Waals surface area (Å²) in [6.07, 6.45) is 3.42. The van der Waals surface area contributed by atoms with E-state index in [2.05, 4.69) is 6.92 Å². The molecule has 27 heavy (non-hydrogen) atoms. The van der Waals surface area contributed by atoms with Gasteiger partial charge in [-0.3, -0.25) is 4.79 Å². The van der Waals surface area contributed by atoms with Gasteiger partial charge in [-0.2, -0.15) is 4.31 Å². The Morgan fingerprint density at radius 1 is 1.07 bits per heavy atom. The largest absolute Gasteiger partial charge is 0.338 e. The molecule has 1 aliphatic heterocycles. The fourth-order valence-corrected chi connectivity index (χ4v) is 4.81. The molecule has 0 aliphatic carbocycles. The zero-order valence-electron chi connectivity index (χ0n) is 16.5. The molecule has 1 aromatic carbocycles. The molecule has 1 atom stereocenters. The van der Waals surface area contributed by atoms with Crippen LogP contribution < -0.4 is 5.73 Å². The van der Waals surface area contributed by atoms with Gasteiger partial charge in [0.05, 0.1) is 10.4 Å². The molecule has 1 aromatic rings. The molecule has 1 amide bonds. The van der Waals surface area contributed by atoms with Crippen LogP contribution in [0.3, 0.4) is 0 Å². The van der Waals surface area contributed by atoms with E-state index in [1.54, 1.807) is 24.0 Å². The Balaban J connectivity index is 0.00000364. The van der Waals surface area contributed by atoms with Gasteiger partial charge in [0.1, 0.15) is 0 Å². The van der Waals surface area contributed by atoms with Gasteiger partial charge in [0, 0.05) is 26.2 Å². The van der Waals surface area contributed by atoms with E-state index in [0.29, 0.717) is 37.5 Å². The standard InChI is InChI=1S/C19H31N3O3S.ClH/c1-4-6-16-7-9-17(10-8-16)26(24,25)22-14-12-21(13-15-22)18(23)19(3,20)11-5-2;/h7-10H,4-6,11-15,20H2,1-3H3;1H. The number of piperazine rings is 1. The number of sulfonamides is 1. The quantitative estimate of drug-likeness (QED) is 0.738. The molecule has 1 saturated heterocycles. The number of halogens is 1. The molecular formula is C19H32ClN3O3S. The lowest BCUT2D eigenvalue weighted by atomic mass is 9.95. The van der Waals surface area contributed by atoms with Crippen LogP contribution in [0.5, 0.6) is 0 Å². The van der Waals surface area contributed by atoms with Crippen molar-refractivity contribution >= 4 is 28.3 Å². The third-order valence-corrected chi connectivity index (χ3v) is 6.80. The summed E-state index contributed by atoms with van der Waals surface area (Å²) in [6.45, 7) is 7.19. The lowest BCUT2D eigenvalue weighted by Gasteiger charge is -2.38. The normalized spacial score (nSPS) is 17.9. The van der Waals surface area contributed by atoms with E-state index in [1.165, 1.54) is 4.31 Å². The van der Waals surface area contributed by atoms with Crippen molar-refractivity contribution in [2.24, 2.45) is 5.73 Å². The van der Waals surface area contributed by atoms with Crippen LogP contribution in [0.25, 0.3) is 0 Å². The molecule has 1 fully saturated rings. The second-order valence-electron chi connectivity index (χ2n) is 7.26. The monoisotopic (exact) mass is 417 g/mol. The van der Waals surface area contributed by atoms with Crippen LogP contribution in [0, 0.1) is 0 Å². The Hall–Kier alpha value is -1.15. The van der Waals surface area contributed by atoms with Crippen molar-refractivity contribution in [1.29, 1.82) is 0 Å². The number of rotatable bonds is 7. The van der Waals surface area contributed by atoms with Crippen LogP contribution in [0.4, 0.5) is 0 Å². The number of amides is 1. The summed E-state index contributed by atoms with van der Waals surface area (Å²) in [6, 6.07) is 7.10. The average molecular weight is 418 g/mol.